The summed E-state index contributed by atoms with van der Waals surface area (Å²) in [6.45, 7) is 0. The van der Waals surface area contributed by atoms with Crippen LogP contribution >= 0.6 is 0 Å². The van der Waals surface area contributed by atoms with Crippen molar-refractivity contribution in [2.45, 2.75) is 6.42 Å². The third kappa shape index (κ3) is 3.13. The summed E-state index contributed by atoms with van der Waals surface area (Å²) < 4.78 is 23.0. The van der Waals surface area contributed by atoms with E-state index in [1.165, 1.54) is 6.08 Å². The van der Waals surface area contributed by atoms with Gasteiger partial charge in [0.1, 0.15) is 0 Å². The molecule has 62 valence electrons. The predicted molar refractivity (Wildman–Crippen MR) is 44.0 cm³/mol. The predicted octanol–water partition coefficient (Wildman–Crippen LogP) is 3.16. The van der Waals surface area contributed by atoms with E-state index in [9.17, 15) is 8.78 Å². The molecular formula is C10H8F2. The van der Waals surface area contributed by atoms with Crippen LogP contribution in [0.4, 0.5) is 8.78 Å². The highest BCUT2D eigenvalue weighted by molar-refractivity contribution is 5.17. The first kappa shape index (κ1) is 8.69. The second-order valence-electron chi connectivity index (χ2n) is 2.30. The standard InChI is InChI=1S/C10H8F2/c11-10(12)8-4-7-9-5-2-1-3-6-9/h1-6H,7H2. The Morgan fingerprint density at radius 3 is 2.50 bits per heavy atom. The topological polar surface area (TPSA) is 0 Å². The molecule has 0 nitrogen and oxygen atoms in total. The van der Waals surface area contributed by atoms with Gasteiger partial charge in [0.05, 0.1) is 0 Å². The average molecular weight is 166 g/mol. The minimum Gasteiger partial charge on any atom is -0.164 e. The zero-order valence-electron chi connectivity index (χ0n) is 6.43. The molecule has 0 atom stereocenters. The van der Waals surface area contributed by atoms with Gasteiger partial charge in [-0.05, 0) is 18.1 Å². The number of hydrogen-bond donors (Lipinski definition) is 0. The molecule has 2 heteroatoms. The van der Waals surface area contributed by atoms with E-state index in [1.807, 2.05) is 36.1 Å². The van der Waals surface area contributed by atoms with Crippen LogP contribution in [0.15, 0.2) is 48.2 Å². The van der Waals surface area contributed by atoms with Crippen molar-refractivity contribution in [3.8, 4) is 0 Å². The zero-order valence-corrected chi connectivity index (χ0v) is 6.43. The first-order valence-electron chi connectivity index (χ1n) is 3.59. The van der Waals surface area contributed by atoms with Gasteiger partial charge in [0.2, 0.25) is 0 Å². The van der Waals surface area contributed by atoms with Crippen molar-refractivity contribution in [2.24, 2.45) is 0 Å². The summed E-state index contributed by atoms with van der Waals surface area (Å²) in [5, 5.41) is 0. The van der Waals surface area contributed by atoms with Crippen LogP contribution in [-0.4, -0.2) is 0 Å². The Hall–Kier alpha value is -1.40. The molecule has 1 rings (SSSR count). The van der Waals surface area contributed by atoms with Crippen LogP contribution < -0.4 is 0 Å². The van der Waals surface area contributed by atoms with Crippen molar-refractivity contribution < 1.29 is 8.78 Å². The van der Waals surface area contributed by atoms with Gasteiger partial charge < -0.3 is 0 Å². The van der Waals surface area contributed by atoms with Crippen molar-refractivity contribution in [1.29, 1.82) is 0 Å². The van der Waals surface area contributed by atoms with Crippen LogP contribution in [0.5, 0.6) is 0 Å². The zero-order chi connectivity index (χ0) is 8.81. The summed E-state index contributed by atoms with van der Waals surface area (Å²) >= 11 is 0. The van der Waals surface area contributed by atoms with E-state index in [2.05, 4.69) is 0 Å². The second-order valence-corrected chi connectivity index (χ2v) is 2.30. The fourth-order valence-electron chi connectivity index (χ4n) is 0.860. The Kier molecular flexibility index (Phi) is 3.24. The molecule has 0 unspecified atom stereocenters. The molecule has 0 heterocycles. The fraction of sp³-hybridized carbons (Fsp3) is 0.100. The summed E-state index contributed by atoms with van der Waals surface area (Å²) in [6.07, 6.45) is 0.0500. The van der Waals surface area contributed by atoms with Crippen molar-refractivity contribution >= 4 is 0 Å². The van der Waals surface area contributed by atoms with Crippen LogP contribution in [0.25, 0.3) is 0 Å². The van der Waals surface area contributed by atoms with Gasteiger partial charge in [0, 0.05) is 0 Å². The monoisotopic (exact) mass is 166 g/mol. The van der Waals surface area contributed by atoms with E-state index in [0.29, 0.717) is 6.42 Å². The summed E-state index contributed by atoms with van der Waals surface area (Å²) in [6, 6.07) is 9.40. The lowest BCUT2D eigenvalue weighted by Gasteiger charge is -1.91. The van der Waals surface area contributed by atoms with Crippen molar-refractivity contribution in [2.75, 3.05) is 0 Å². The van der Waals surface area contributed by atoms with Crippen LogP contribution in [-0.2, 0) is 6.42 Å². The average Bonchev–Trinajstić information content (AvgIpc) is 2.05. The third-order valence-corrected chi connectivity index (χ3v) is 1.39. The number of hydrogen-bond acceptors (Lipinski definition) is 0. The Morgan fingerprint density at radius 2 is 1.92 bits per heavy atom. The molecule has 0 bridgehead atoms. The van der Waals surface area contributed by atoms with E-state index in [-0.39, 0.29) is 0 Å². The van der Waals surface area contributed by atoms with Gasteiger partial charge in [-0.15, -0.1) is 0 Å². The van der Waals surface area contributed by atoms with E-state index in [0.717, 1.165) is 5.56 Å². The Labute approximate surface area is 69.8 Å². The number of halogens is 2. The van der Waals surface area contributed by atoms with Crippen LogP contribution in [0.2, 0.25) is 0 Å². The van der Waals surface area contributed by atoms with Crippen molar-refractivity contribution in [3.63, 3.8) is 0 Å². The molecule has 0 saturated carbocycles. The Bertz CT molecular complexity index is 291. The Balaban J connectivity index is 2.61. The maximum atomic E-state index is 11.5. The molecule has 1 aromatic rings. The van der Waals surface area contributed by atoms with Gasteiger partial charge in [0.25, 0.3) is 0 Å². The Morgan fingerprint density at radius 1 is 1.25 bits per heavy atom. The van der Waals surface area contributed by atoms with Crippen molar-refractivity contribution in [3.05, 3.63) is 53.8 Å². The third-order valence-electron chi connectivity index (χ3n) is 1.39. The largest absolute Gasteiger partial charge is 0.312 e. The van der Waals surface area contributed by atoms with E-state index < -0.39 is 6.08 Å². The molecule has 0 aliphatic rings. The highest BCUT2D eigenvalue weighted by Gasteiger charge is 1.85. The number of allylic oxidation sites excluding steroid dienone is 1. The molecule has 0 aromatic heterocycles. The molecule has 0 aliphatic carbocycles. The molecule has 0 saturated heterocycles. The molecule has 0 amide bonds. The SMILES string of the molecule is FC(F)=C=CCc1ccccc1. The lowest BCUT2D eigenvalue weighted by Crippen LogP contribution is -1.76. The van der Waals surface area contributed by atoms with Crippen LogP contribution in [0, 0.1) is 0 Å². The first-order valence-corrected chi connectivity index (χ1v) is 3.59. The first-order chi connectivity index (χ1) is 5.79. The van der Waals surface area contributed by atoms with Gasteiger partial charge in [-0.1, -0.05) is 36.1 Å². The van der Waals surface area contributed by atoms with Gasteiger partial charge in [-0.25, -0.2) is 0 Å². The van der Waals surface area contributed by atoms with Gasteiger partial charge in [-0.2, -0.15) is 8.78 Å². The molecule has 0 aliphatic heterocycles. The summed E-state index contributed by atoms with van der Waals surface area (Å²) in [5.41, 5.74) is 2.86. The van der Waals surface area contributed by atoms with E-state index >= 15 is 0 Å². The van der Waals surface area contributed by atoms with Crippen LogP contribution in [0.1, 0.15) is 5.56 Å². The van der Waals surface area contributed by atoms with E-state index in [1.54, 1.807) is 0 Å². The molecule has 12 heavy (non-hydrogen) atoms. The van der Waals surface area contributed by atoms with Crippen molar-refractivity contribution in [1.82, 2.24) is 0 Å². The maximum absolute atomic E-state index is 11.5. The fourth-order valence-corrected chi connectivity index (χ4v) is 0.860. The maximum Gasteiger partial charge on any atom is 0.312 e. The number of rotatable bonds is 2. The normalized spacial score (nSPS) is 8.83. The molecule has 0 N–H and O–H groups in total. The van der Waals surface area contributed by atoms with Gasteiger partial charge in [0.15, 0.2) is 0 Å². The van der Waals surface area contributed by atoms with Gasteiger partial charge in [-0.3, -0.25) is 0 Å². The lowest BCUT2D eigenvalue weighted by molar-refractivity contribution is 0.424. The summed E-state index contributed by atoms with van der Waals surface area (Å²) in [4.78, 5) is 0. The highest BCUT2D eigenvalue weighted by atomic mass is 19.3. The summed E-state index contributed by atoms with van der Waals surface area (Å²) in [7, 11) is 0. The highest BCUT2D eigenvalue weighted by Crippen LogP contribution is 2.00. The molecule has 0 spiro atoms. The molecule has 0 fully saturated rings. The minimum absolute atomic E-state index is 0.498. The van der Waals surface area contributed by atoms with Gasteiger partial charge >= 0.3 is 6.08 Å². The molecule has 1 aromatic carbocycles. The quantitative estimate of drug-likeness (QED) is 0.592. The lowest BCUT2D eigenvalue weighted by atomic mass is 10.1. The second kappa shape index (κ2) is 4.47. The van der Waals surface area contributed by atoms with E-state index in [4.69, 9.17) is 0 Å². The summed E-state index contributed by atoms with van der Waals surface area (Å²) in [5.74, 6) is 0. The molecule has 0 radical (unpaired) electrons. The smallest absolute Gasteiger partial charge is 0.164 e. The van der Waals surface area contributed by atoms with Crippen LogP contribution in [0.3, 0.4) is 0 Å². The minimum atomic E-state index is -1.77. The number of benzene rings is 1. The molecular weight excluding hydrogens is 158 g/mol.